The highest BCUT2D eigenvalue weighted by Gasteiger charge is 2.30. The van der Waals surface area contributed by atoms with Crippen LogP contribution in [0, 0.1) is 5.82 Å². The summed E-state index contributed by atoms with van der Waals surface area (Å²) in [5.41, 5.74) is -0.334. The summed E-state index contributed by atoms with van der Waals surface area (Å²) in [5, 5.41) is 2.41. The Balaban J connectivity index is 2.06. The quantitative estimate of drug-likeness (QED) is 0.849. The van der Waals surface area contributed by atoms with E-state index in [9.17, 15) is 27.2 Å². The average molecular weight is 354 g/mol. The first-order valence-corrected chi connectivity index (χ1v) is 7.17. The highest BCUT2D eigenvalue weighted by atomic mass is 19.4. The Bertz CT molecular complexity index is 756. The second kappa shape index (κ2) is 7.33. The maximum absolute atomic E-state index is 13.0. The van der Waals surface area contributed by atoms with E-state index < -0.39 is 29.4 Å². The SMILES string of the molecule is CC(=O)N(CC(=O)Nc1ccc(C(F)(F)F)cc1)c1ccc(F)cc1. The molecule has 0 aromatic heterocycles. The van der Waals surface area contributed by atoms with E-state index in [-0.39, 0.29) is 12.2 Å². The van der Waals surface area contributed by atoms with E-state index in [0.29, 0.717) is 5.69 Å². The molecule has 0 spiro atoms. The molecule has 0 radical (unpaired) electrons. The Hall–Kier alpha value is -2.90. The van der Waals surface area contributed by atoms with Crippen molar-refractivity contribution in [1.82, 2.24) is 0 Å². The molecule has 0 unspecified atom stereocenters. The van der Waals surface area contributed by atoms with Gasteiger partial charge in [0.2, 0.25) is 11.8 Å². The standard InChI is InChI=1S/C17H14F4N2O2/c1-11(24)23(15-8-4-13(18)5-9-15)10-16(25)22-14-6-2-12(3-7-14)17(19,20)21/h2-9H,10H2,1H3,(H,22,25). The molecule has 1 N–H and O–H groups in total. The van der Waals surface area contributed by atoms with Crippen molar-refractivity contribution in [3.8, 4) is 0 Å². The lowest BCUT2D eigenvalue weighted by molar-refractivity contribution is -0.137. The molecule has 132 valence electrons. The predicted molar refractivity (Wildman–Crippen MR) is 84.5 cm³/mol. The number of amides is 2. The van der Waals surface area contributed by atoms with Gasteiger partial charge in [0, 0.05) is 18.3 Å². The normalized spacial score (nSPS) is 11.1. The fourth-order valence-electron chi connectivity index (χ4n) is 2.09. The van der Waals surface area contributed by atoms with Crippen LogP contribution in [0.15, 0.2) is 48.5 Å². The van der Waals surface area contributed by atoms with E-state index >= 15 is 0 Å². The van der Waals surface area contributed by atoms with Crippen LogP contribution in [0.2, 0.25) is 0 Å². The van der Waals surface area contributed by atoms with Gasteiger partial charge in [-0.05, 0) is 48.5 Å². The Morgan fingerprint density at radius 3 is 2.04 bits per heavy atom. The zero-order valence-corrected chi connectivity index (χ0v) is 13.1. The van der Waals surface area contributed by atoms with Gasteiger partial charge in [0.25, 0.3) is 0 Å². The van der Waals surface area contributed by atoms with Crippen LogP contribution in [0.5, 0.6) is 0 Å². The molecule has 0 aliphatic heterocycles. The molecule has 0 atom stereocenters. The van der Waals surface area contributed by atoms with Crippen molar-refractivity contribution in [2.75, 3.05) is 16.8 Å². The molecule has 4 nitrogen and oxygen atoms in total. The molecule has 0 heterocycles. The third-order valence-electron chi connectivity index (χ3n) is 3.32. The van der Waals surface area contributed by atoms with E-state index in [1.54, 1.807) is 0 Å². The first-order valence-electron chi connectivity index (χ1n) is 7.17. The third-order valence-corrected chi connectivity index (χ3v) is 3.32. The number of rotatable bonds is 4. The second-order valence-electron chi connectivity index (χ2n) is 5.20. The van der Waals surface area contributed by atoms with Crippen LogP contribution in [-0.4, -0.2) is 18.4 Å². The van der Waals surface area contributed by atoms with Gasteiger partial charge in [0.05, 0.1) is 5.56 Å². The van der Waals surface area contributed by atoms with Gasteiger partial charge in [-0.1, -0.05) is 0 Å². The Morgan fingerprint density at radius 1 is 1.00 bits per heavy atom. The predicted octanol–water partition coefficient (Wildman–Crippen LogP) is 3.84. The monoisotopic (exact) mass is 354 g/mol. The van der Waals surface area contributed by atoms with Gasteiger partial charge in [-0.2, -0.15) is 13.2 Å². The van der Waals surface area contributed by atoms with Crippen molar-refractivity contribution < 1.29 is 27.2 Å². The van der Waals surface area contributed by atoms with Crippen LogP contribution in [0.25, 0.3) is 0 Å². The molecule has 2 aromatic rings. The first-order chi connectivity index (χ1) is 11.7. The van der Waals surface area contributed by atoms with E-state index in [2.05, 4.69) is 5.32 Å². The highest BCUT2D eigenvalue weighted by Crippen LogP contribution is 2.29. The summed E-state index contributed by atoms with van der Waals surface area (Å²) in [6, 6.07) is 8.94. The van der Waals surface area contributed by atoms with Crippen molar-refractivity contribution in [3.63, 3.8) is 0 Å². The molecule has 2 rings (SSSR count). The maximum atomic E-state index is 13.0. The molecule has 0 saturated heterocycles. The van der Waals surface area contributed by atoms with Crippen LogP contribution >= 0.6 is 0 Å². The van der Waals surface area contributed by atoms with Gasteiger partial charge < -0.3 is 10.2 Å². The van der Waals surface area contributed by atoms with Gasteiger partial charge >= 0.3 is 6.18 Å². The summed E-state index contributed by atoms with van der Waals surface area (Å²) in [5.74, 6) is -1.52. The van der Waals surface area contributed by atoms with E-state index in [4.69, 9.17) is 0 Å². The Kier molecular flexibility index (Phi) is 5.41. The number of carbonyl (C=O) groups is 2. The topological polar surface area (TPSA) is 49.4 Å². The van der Waals surface area contributed by atoms with E-state index in [1.165, 1.54) is 19.1 Å². The summed E-state index contributed by atoms with van der Waals surface area (Å²) in [6.45, 7) is 0.886. The summed E-state index contributed by atoms with van der Waals surface area (Å²) in [6.07, 6.45) is -4.46. The van der Waals surface area contributed by atoms with E-state index in [0.717, 1.165) is 41.3 Å². The van der Waals surface area contributed by atoms with Crippen LogP contribution in [0.4, 0.5) is 28.9 Å². The fraction of sp³-hybridized carbons (Fsp3) is 0.176. The number of nitrogens with one attached hydrogen (secondary N) is 1. The molecule has 0 aliphatic carbocycles. The third kappa shape index (κ3) is 5.03. The number of anilines is 2. The molecule has 0 fully saturated rings. The minimum absolute atomic E-state index is 0.167. The minimum atomic E-state index is -4.46. The zero-order valence-electron chi connectivity index (χ0n) is 13.1. The van der Waals surface area contributed by atoms with Crippen LogP contribution in [0.1, 0.15) is 12.5 Å². The maximum Gasteiger partial charge on any atom is 0.416 e. The van der Waals surface area contributed by atoms with Crippen molar-refractivity contribution >= 4 is 23.2 Å². The molecule has 2 amide bonds. The summed E-state index contributed by atoms with van der Waals surface area (Å²) in [7, 11) is 0. The van der Waals surface area contributed by atoms with Crippen molar-refractivity contribution in [2.24, 2.45) is 0 Å². The van der Waals surface area contributed by atoms with Gasteiger partial charge in [0.15, 0.2) is 0 Å². The molecular weight excluding hydrogens is 340 g/mol. The Morgan fingerprint density at radius 2 is 1.56 bits per heavy atom. The molecular formula is C17H14F4N2O2. The lowest BCUT2D eigenvalue weighted by atomic mass is 10.2. The summed E-state index contributed by atoms with van der Waals surface area (Å²) in [4.78, 5) is 24.9. The number of hydrogen-bond donors (Lipinski definition) is 1. The van der Waals surface area contributed by atoms with Crippen LogP contribution < -0.4 is 10.2 Å². The fourth-order valence-corrected chi connectivity index (χ4v) is 2.09. The molecule has 0 saturated carbocycles. The first kappa shape index (κ1) is 18.4. The number of alkyl halides is 3. The van der Waals surface area contributed by atoms with Crippen LogP contribution in [0.3, 0.4) is 0 Å². The van der Waals surface area contributed by atoms with Crippen LogP contribution in [-0.2, 0) is 15.8 Å². The molecule has 2 aromatic carbocycles. The second-order valence-corrected chi connectivity index (χ2v) is 5.20. The summed E-state index contributed by atoms with van der Waals surface area (Å²) >= 11 is 0. The number of carbonyl (C=O) groups excluding carboxylic acids is 2. The average Bonchev–Trinajstić information content (AvgIpc) is 2.53. The molecule has 8 heteroatoms. The highest BCUT2D eigenvalue weighted by molar-refractivity contribution is 6.01. The summed E-state index contributed by atoms with van der Waals surface area (Å²) < 4.78 is 50.5. The molecule has 0 aliphatic rings. The zero-order chi connectivity index (χ0) is 18.6. The van der Waals surface area contributed by atoms with Gasteiger partial charge in [-0.15, -0.1) is 0 Å². The minimum Gasteiger partial charge on any atom is -0.325 e. The van der Waals surface area contributed by atoms with Gasteiger partial charge in [-0.3, -0.25) is 9.59 Å². The lowest BCUT2D eigenvalue weighted by Gasteiger charge is -2.20. The van der Waals surface area contributed by atoms with Gasteiger partial charge in [-0.25, -0.2) is 4.39 Å². The van der Waals surface area contributed by atoms with Crippen molar-refractivity contribution in [1.29, 1.82) is 0 Å². The lowest BCUT2D eigenvalue weighted by Crippen LogP contribution is -2.36. The van der Waals surface area contributed by atoms with Crippen molar-refractivity contribution in [3.05, 3.63) is 59.9 Å². The van der Waals surface area contributed by atoms with E-state index in [1.807, 2.05) is 0 Å². The number of nitrogens with zero attached hydrogens (tertiary/aromatic N) is 1. The number of halogens is 4. The smallest absolute Gasteiger partial charge is 0.325 e. The number of hydrogen-bond acceptors (Lipinski definition) is 2. The largest absolute Gasteiger partial charge is 0.416 e. The molecule has 25 heavy (non-hydrogen) atoms. The molecule has 0 bridgehead atoms. The Labute approximate surface area is 141 Å². The van der Waals surface area contributed by atoms with Crippen molar-refractivity contribution in [2.45, 2.75) is 13.1 Å². The number of benzene rings is 2. The van der Waals surface area contributed by atoms with Gasteiger partial charge in [0.1, 0.15) is 12.4 Å².